The Labute approximate surface area is 146 Å². The van der Waals surface area contributed by atoms with Crippen molar-refractivity contribution in [3.05, 3.63) is 29.1 Å². The summed E-state index contributed by atoms with van der Waals surface area (Å²) < 4.78 is 43.1. The van der Waals surface area contributed by atoms with Crippen LogP contribution in [0.4, 0.5) is 18.9 Å². The van der Waals surface area contributed by atoms with E-state index in [1.807, 2.05) is 0 Å². The highest BCUT2D eigenvalue weighted by Crippen LogP contribution is 2.29. The van der Waals surface area contributed by atoms with Gasteiger partial charge < -0.3 is 10.6 Å². The number of halogens is 3. The van der Waals surface area contributed by atoms with E-state index in [0.717, 1.165) is 70.3 Å². The lowest BCUT2D eigenvalue weighted by Gasteiger charge is -2.25. The molecule has 0 aliphatic heterocycles. The Bertz CT molecular complexity index is 624. The summed E-state index contributed by atoms with van der Waals surface area (Å²) in [6, 6.07) is 0.702. The molecule has 0 bridgehead atoms. The molecule has 25 heavy (non-hydrogen) atoms. The van der Waals surface area contributed by atoms with E-state index in [9.17, 15) is 18.0 Å². The highest BCUT2D eigenvalue weighted by Gasteiger charge is 2.26. The fourth-order valence-corrected chi connectivity index (χ4v) is 3.85. The summed E-state index contributed by atoms with van der Waals surface area (Å²) in [7, 11) is 0. The van der Waals surface area contributed by atoms with Gasteiger partial charge in [0.05, 0.1) is 5.56 Å². The number of hydrogen-bond acceptors (Lipinski definition) is 2. The molecule has 3 rings (SSSR count). The summed E-state index contributed by atoms with van der Waals surface area (Å²) in [6.45, 7) is 0. The lowest BCUT2D eigenvalue weighted by atomic mass is 9.95. The van der Waals surface area contributed by atoms with Crippen molar-refractivity contribution in [2.24, 2.45) is 0 Å². The van der Waals surface area contributed by atoms with Crippen LogP contribution >= 0.6 is 0 Å². The fourth-order valence-electron chi connectivity index (χ4n) is 3.85. The summed E-state index contributed by atoms with van der Waals surface area (Å²) in [4.78, 5) is 12.2. The van der Waals surface area contributed by atoms with Gasteiger partial charge in [0.25, 0.3) is 5.91 Å². The number of rotatable bonds is 4. The van der Waals surface area contributed by atoms with Crippen LogP contribution in [0.5, 0.6) is 0 Å². The molecule has 6 heteroatoms. The molecule has 2 aliphatic rings. The van der Waals surface area contributed by atoms with Crippen LogP contribution in [0.25, 0.3) is 0 Å². The third-order valence-electron chi connectivity index (χ3n) is 5.30. The first-order valence-corrected chi connectivity index (χ1v) is 9.31. The van der Waals surface area contributed by atoms with Crippen molar-refractivity contribution in [3.8, 4) is 0 Å². The molecule has 0 unspecified atom stereocenters. The molecule has 138 valence electrons. The largest absolute Gasteiger partial charge is 0.377 e. The smallest absolute Gasteiger partial charge is 0.254 e. The van der Waals surface area contributed by atoms with E-state index in [2.05, 4.69) is 10.6 Å². The van der Waals surface area contributed by atoms with Crippen molar-refractivity contribution >= 4 is 11.6 Å². The van der Waals surface area contributed by atoms with E-state index in [4.69, 9.17) is 0 Å². The summed E-state index contributed by atoms with van der Waals surface area (Å²) in [5.41, 5.74) is -1.02. The van der Waals surface area contributed by atoms with Crippen LogP contribution in [0.2, 0.25) is 0 Å². The van der Waals surface area contributed by atoms with Crippen molar-refractivity contribution in [3.63, 3.8) is 0 Å². The number of nitrogens with one attached hydrogen (secondary N) is 2. The topological polar surface area (TPSA) is 41.1 Å². The van der Waals surface area contributed by atoms with Crippen molar-refractivity contribution < 1.29 is 18.0 Å². The van der Waals surface area contributed by atoms with Gasteiger partial charge >= 0.3 is 0 Å². The van der Waals surface area contributed by atoms with Gasteiger partial charge in [0.1, 0.15) is 11.5 Å². The molecule has 2 fully saturated rings. The number of hydrogen-bond donors (Lipinski definition) is 2. The van der Waals surface area contributed by atoms with Crippen LogP contribution in [0, 0.1) is 17.5 Å². The van der Waals surface area contributed by atoms with E-state index in [1.54, 1.807) is 0 Å². The van der Waals surface area contributed by atoms with Crippen LogP contribution in [-0.2, 0) is 0 Å². The standard InChI is InChI=1S/C19H25F3N2O/c20-15-11-14(19(25)24-13-9-5-2-6-10-13)16(21)17(22)18(15)23-12-7-3-1-4-8-12/h11-13,23H,1-10H2,(H,24,25). The second kappa shape index (κ2) is 8.11. The number of carbonyl (C=O) groups excluding carboxylic acids is 1. The Morgan fingerprint density at radius 2 is 1.40 bits per heavy atom. The number of anilines is 1. The third-order valence-corrected chi connectivity index (χ3v) is 5.30. The second-order valence-electron chi connectivity index (χ2n) is 7.20. The molecule has 1 aromatic rings. The molecule has 2 saturated carbocycles. The van der Waals surface area contributed by atoms with Crippen molar-refractivity contribution in [2.75, 3.05) is 5.32 Å². The summed E-state index contributed by atoms with van der Waals surface area (Å²) in [6.07, 6.45) is 9.47. The van der Waals surface area contributed by atoms with Crippen molar-refractivity contribution in [2.45, 2.75) is 76.3 Å². The van der Waals surface area contributed by atoms with Crippen molar-refractivity contribution in [1.29, 1.82) is 0 Å². The van der Waals surface area contributed by atoms with Gasteiger partial charge in [0, 0.05) is 12.1 Å². The van der Waals surface area contributed by atoms with Gasteiger partial charge in [-0.2, -0.15) is 0 Å². The summed E-state index contributed by atoms with van der Waals surface area (Å²) in [5.74, 6) is -4.25. The van der Waals surface area contributed by atoms with Gasteiger partial charge in [0.2, 0.25) is 0 Å². The maximum atomic E-state index is 14.4. The lowest BCUT2D eigenvalue weighted by Crippen LogP contribution is -2.37. The molecular formula is C19H25F3N2O. The SMILES string of the molecule is O=C(NC1CCCCC1)c1cc(F)c(NC2CCCCC2)c(F)c1F. The molecule has 2 aliphatic carbocycles. The fraction of sp³-hybridized carbons (Fsp3) is 0.632. The first kappa shape index (κ1) is 18.1. The van der Waals surface area contributed by atoms with Gasteiger partial charge in [-0.05, 0) is 31.7 Å². The predicted molar refractivity (Wildman–Crippen MR) is 91.2 cm³/mol. The molecule has 0 heterocycles. The van der Waals surface area contributed by atoms with Crippen LogP contribution in [0.15, 0.2) is 6.07 Å². The zero-order valence-electron chi connectivity index (χ0n) is 14.3. The first-order valence-electron chi connectivity index (χ1n) is 9.31. The average molecular weight is 354 g/mol. The minimum atomic E-state index is -1.31. The maximum Gasteiger partial charge on any atom is 0.254 e. The zero-order valence-corrected chi connectivity index (χ0v) is 14.3. The molecular weight excluding hydrogens is 329 g/mol. The molecule has 2 N–H and O–H groups in total. The second-order valence-corrected chi connectivity index (χ2v) is 7.20. The van der Waals surface area contributed by atoms with Crippen LogP contribution in [0.3, 0.4) is 0 Å². The number of carbonyl (C=O) groups is 1. The highest BCUT2D eigenvalue weighted by molar-refractivity contribution is 5.95. The van der Waals surface area contributed by atoms with E-state index >= 15 is 0 Å². The van der Waals surface area contributed by atoms with Gasteiger partial charge in [-0.15, -0.1) is 0 Å². The molecule has 1 amide bonds. The molecule has 0 radical (unpaired) electrons. The summed E-state index contributed by atoms with van der Waals surface area (Å²) in [5, 5.41) is 5.48. The molecule has 0 atom stereocenters. The molecule has 0 spiro atoms. The molecule has 0 saturated heterocycles. The Kier molecular flexibility index (Phi) is 5.86. The van der Waals surface area contributed by atoms with Gasteiger partial charge in [-0.3, -0.25) is 4.79 Å². The summed E-state index contributed by atoms with van der Waals surface area (Å²) >= 11 is 0. The van der Waals surface area contributed by atoms with Crippen molar-refractivity contribution in [1.82, 2.24) is 5.32 Å². The minimum Gasteiger partial charge on any atom is -0.377 e. The molecule has 1 aromatic carbocycles. The van der Waals surface area contributed by atoms with Gasteiger partial charge in [-0.25, -0.2) is 13.2 Å². The number of amides is 1. The first-order chi connectivity index (χ1) is 12.1. The lowest BCUT2D eigenvalue weighted by molar-refractivity contribution is 0.0922. The minimum absolute atomic E-state index is 0.0492. The Morgan fingerprint density at radius 3 is 2.00 bits per heavy atom. The van der Waals surface area contributed by atoms with Gasteiger partial charge in [0.15, 0.2) is 11.6 Å². The van der Waals surface area contributed by atoms with Gasteiger partial charge in [-0.1, -0.05) is 38.5 Å². The Morgan fingerprint density at radius 1 is 0.840 bits per heavy atom. The Balaban J connectivity index is 1.75. The maximum absolute atomic E-state index is 14.4. The monoisotopic (exact) mass is 354 g/mol. The van der Waals surface area contributed by atoms with Crippen LogP contribution < -0.4 is 10.6 Å². The number of benzene rings is 1. The average Bonchev–Trinajstić information content (AvgIpc) is 2.63. The third kappa shape index (κ3) is 4.28. The predicted octanol–water partition coefficient (Wildman–Crippen LogP) is 4.91. The highest BCUT2D eigenvalue weighted by atomic mass is 19.2. The zero-order chi connectivity index (χ0) is 17.8. The van der Waals surface area contributed by atoms with E-state index < -0.39 is 34.6 Å². The van der Waals surface area contributed by atoms with E-state index in [-0.39, 0.29) is 12.1 Å². The normalized spacial score (nSPS) is 19.6. The van der Waals surface area contributed by atoms with E-state index in [0.29, 0.717) is 0 Å². The Hall–Kier alpha value is -1.72. The van der Waals surface area contributed by atoms with E-state index in [1.165, 1.54) is 0 Å². The van der Waals surface area contributed by atoms with Crippen LogP contribution in [0.1, 0.15) is 74.6 Å². The quantitative estimate of drug-likeness (QED) is 0.754. The van der Waals surface area contributed by atoms with Crippen LogP contribution in [-0.4, -0.2) is 18.0 Å². The molecule has 0 aromatic heterocycles. The molecule has 3 nitrogen and oxygen atoms in total.